The van der Waals surface area contributed by atoms with Crippen molar-refractivity contribution in [3.63, 3.8) is 0 Å². The Balaban J connectivity index is 1.87. The standard InChI is InChI=1S/C17H22N4OS/c1-13-18-19-17(20(13)2)23-15(14-9-5-3-6-10-14)16(22)21-11-7-4-8-12-21/h3,5-6,9-10,15H,4,7-8,11-12H2,1-2H3/t15-/m1/s1. The molecule has 0 saturated carbocycles. The molecule has 0 bridgehead atoms. The van der Waals surface area contributed by atoms with Gasteiger partial charge in [0.1, 0.15) is 11.1 Å². The van der Waals surface area contributed by atoms with Crippen LogP contribution in [-0.2, 0) is 11.8 Å². The fraction of sp³-hybridized carbons (Fsp3) is 0.471. The van der Waals surface area contributed by atoms with E-state index in [2.05, 4.69) is 10.2 Å². The molecule has 1 atom stereocenters. The lowest BCUT2D eigenvalue weighted by Gasteiger charge is -2.30. The van der Waals surface area contributed by atoms with E-state index in [0.29, 0.717) is 0 Å². The molecule has 2 aromatic rings. The summed E-state index contributed by atoms with van der Waals surface area (Å²) in [6.45, 7) is 3.64. The van der Waals surface area contributed by atoms with Gasteiger partial charge in [-0.15, -0.1) is 10.2 Å². The van der Waals surface area contributed by atoms with E-state index in [4.69, 9.17) is 0 Å². The van der Waals surface area contributed by atoms with E-state index >= 15 is 0 Å². The van der Waals surface area contributed by atoms with Crippen LogP contribution in [0.25, 0.3) is 0 Å². The Bertz CT molecular complexity index is 664. The molecule has 1 aromatic heterocycles. The van der Waals surface area contributed by atoms with Gasteiger partial charge in [-0.1, -0.05) is 42.1 Å². The van der Waals surface area contributed by atoms with Crippen LogP contribution in [0.3, 0.4) is 0 Å². The van der Waals surface area contributed by atoms with Crippen molar-refractivity contribution in [2.75, 3.05) is 13.1 Å². The van der Waals surface area contributed by atoms with Gasteiger partial charge in [0.05, 0.1) is 0 Å². The van der Waals surface area contributed by atoms with Crippen molar-refractivity contribution in [2.24, 2.45) is 7.05 Å². The van der Waals surface area contributed by atoms with E-state index in [0.717, 1.165) is 42.5 Å². The summed E-state index contributed by atoms with van der Waals surface area (Å²) in [5, 5.41) is 8.83. The molecule has 2 heterocycles. The second-order valence-corrected chi connectivity index (χ2v) is 6.96. The Morgan fingerprint density at radius 2 is 1.83 bits per heavy atom. The summed E-state index contributed by atoms with van der Waals surface area (Å²) >= 11 is 1.49. The summed E-state index contributed by atoms with van der Waals surface area (Å²) in [5.41, 5.74) is 1.02. The monoisotopic (exact) mass is 330 g/mol. The molecule has 6 heteroatoms. The number of amides is 1. The molecule has 0 aliphatic carbocycles. The largest absolute Gasteiger partial charge is 0.341 e. The first-order chi connectivity index (χ1) is 11.2. The quantitative estimate of drug-likeness (QED) is 0.809. The lowest BCUT2D eigenvalue weighted by atomic mass is 10.1. The molecular weight excluding hydrogens is 308 g/mol. The van der Waals surface area contributed by atoms with Crippen LogP contribution in [0.5, 0.6) is 0 Å². The minimum absolute atomic E-state index is 0.182. The third kappa shape index (κ3) is 3.58. The van der Waals surface area contributed by atoms with Crippen LogP contribution >= 0.6 is 11.8 Å². The lowest BCUT2D eigenvalue weighted by Crippen LogP contribution is -2.38. The van der Waals surface area contributed by atoms with Crippen LogP contribution < -0.4 is 0 Å². The summed E-state index contributed by atoms with van der Waals surface area (Å²) in [6, 6.07) is 9.97. The first-order valence-electron chi connectivity index (χ1n) is 8.03. The number of aromatic nitrogens is 3. The average molecular weight is 330 g/mol. The van der Waals surface area contributed by atoms with E-state index in [1.165, 1.54) is 18.2 Å². The van der Waals surface area contributed by atoms with E-state index in [9.17, 15) is 4.79 Å². The molecule has 0 spiro atoms. The van der Waals surface area contributed by atoms with Crippen LogP contribution in [0.15, 0.2) is 35.5 Å². The van der Waals surface area contributed by atoms with Gasteiger partial charge < -0.3 is 9.47 Å². The first kappa shape index (κ1) is 16.1. The van der Waals surface area contributed by atoms with Gasteiger partial charge in [0.25, 0.3) is 0 Å². The lowest BCUT2D eigenvalue weighted by molar-refractivity contribution is -0.131. The van der Waals surface area contributed by atoms with Gasteiger partial charge in [-0.05, 0) is 31.7 Å². The second kappa shape index (κ2) is 7.17. The Morgan fingerprint density at radius 3 is 2.43 bits per heavy atom. The van der Waals surface area contributed by atoms with Crippen LogP contribution in [-0.4, -0.2) is 38.7 Å². The zero-order valence-corrected chi connectivity index (χ0v) is 14.4. The number of nitrogens with zero attached hydrogens (tertiary/aromatic N) is 4. The maximum Gasteiger partial charge on any atom is 0.240 e. The molecule has 0 N–H and O–H groups in total. The van der Waals surface area contributed by atoms with Gasteiger partial charge in [-0.25, -0.2) is 0 Å². The fourth-order valence-corrected chi connectivity index (χ4v) is 3.90. The number of likely N-dealkylation sites (tertiary alicyclic amines) is 1. The van der Waals surface area contributed by atoms with Gasteiger partial charge >= 0.3 is 0 Å². The highest BCUT2D eigenvalue weighted by Crippen LogP contribution is 2.36. The highest BCUT2D eigenvalue weighted by atomic mass is 32.2. The number of carbonyl (C=O) groups is 1. The number of piperidine rings is 1. The third-order valence-electron chi connectivity index (χ3n) is 4.27. The number of benzene rings is 1. The van der Waals surface area contributed by atoms with Crippen LogP contribution in [0.2, 0.25) is 0 Å². The van der Waals surface area contributed by atoms with Gasteiger partial charge in [-0.3, -0.25) is 4.79 Å². The summed E-state index contributed by atoms with van der Waals surface area (Å²) < 4.78 is 1.93. The van der Waals surface area contributed by atoms with Crippen molar-refractivity contribution in [3.05, 3.63) is 41.7 Å². The zero-order valence-electron chi connectivity index (χ0n) is 13.6. The molecule has 5 nitrogen and oxygen atoms in total. The van der Waals surface area contributed by atoms with E-state index in [-0.39, 0.29) is 11.2 Å². The van der Waals surface area contributed by atoms with Gasteiger partial charge in [0.15, 0.2) is 5.16 Å². The average Bonchev–Trinajstić information content (AvgIpc) is 2.92. The highest BCUT2D eigenvalue weighted by molar-refractivity contribution is 8.00. The molecule has 1 aliphatic rings. The zero-order chi connectivity index (χ0) is 16.2. The second-order valence-electron chi connectivity index (χ2n) is 5.88. The van der Waals surface area contributed by atoms with E-state index < -0.39 is 0 Å². The minimum Gasteiger partial charge on any atom is -0.341 e. The first-order valence-corrected chi connectivity index (χ1v) is 8.91. The Labute approximate surface area is 141 Å². The predicted octanol–water partition coefficient (Wildman–Crippen LogP) is 2.97. The van der Waals surface area contributed by atoms with Crippen molar-refractivity contribution in [1.82, 2.24) is 19.7 Å². The van der Waals surface area contributed by atoms with Crippen LogP contribution in [0.1, 0.15) is 35.9 Å². The van der Waals surface area contributed by atoms with Gasteiger partial charge in [0.2, 0.25) is 5.91 Å². The summed E-state index contributed by atoms with van der Waals surface area (Å²) in [4.78, 5) is 15.1. The summed E-state index contributed by atoms with van der Waals surface area (Å²) in [6.07, 6.45) is 3.41. The van der Waals surface area contributed by atoms with Crippen LogP contribution in [0, 0.1) is 6.92 Å². The number of hydrogen-bond donors (Lipinski definition) is 0. The highest BCUT2D eigenvalue weighted by Gasteiger charge is 2.29. The molecule has 1 saturated heterocycles. The van der Waals surface area contributed by atoms with Crippen molar-refractivity contribution in [2.45, 2.75) is 36.6 Å². The van der Waals surface area contributed by atoms with Crippen LogP contribution in [0.4, 0.5) is 0 Å². The molecule has 1 fully saturated rings. The van der Waals surface area contributed by atoms with E-state index in [1.807, 2.05) is 53.8 Å². The molecule has 1 aromatic carbocycles. The van der Waals surface area contributed by atoms with Crippen molar-refractivity contribution in [1.29, 1.82) is 0 Å². The molecular formula is C17H22N4OS. The maximum absolute atomic E-state index is 13.1. The molecule has 122 valence electrons. The van der Waals surface area contributed by atoms with Crippen molar-refractivity contribution in [3.8, 4) is 0 Å². The minimum atomic E-state index is -0.267. The maximum atomic E-state index is 13.1. The molecule has 23 heavy (non-hydrogen) atoms. The topological polar surface area (TPSA) is 51.0 Å². The molecule has 0 radical (unpaired) electrons. The normalized spacial score (nSPS) is 16.3. The fourth-order valence-electron chi connectivity index (χ4n) is 2.76. The number of rotatable bonds is 4. The Kier molecular flexibility index (Phi) is 5.00. The van der Waals surface area contributed by atoms with Gasteiger partial charge in [0, 0.05) is 20.1 Å². The Morgan fingerprint density at radius 1 is 1.13 bits per heavy atom. The van der Waals surface area contributed by atoms with Gasteiger partial charge in [-0.2, -0.15) is 0 Å². The van der Waals surface area contributed by atoms with Crippen molar-refractivity contribution >= 4 is 17.7 Å². The molecule has 3 rings (SSSR count). The number of carbonyl (C=O) groups excluding carboxylic acids is 1. The predicted molar refractivity (Wildman–Crippen MR) is 91.2 cm³/mol. The third-order valence-corrected chi connectivity index (χ3v) is 5.55. The number of aryl methyl sites for hydroxylation is 1. The van der Waals surface area contributed by atoms with Crippen molar-refractivity contribution < 1.29 is 4.79 Å². The molecule has 0 unspecified atom stereocenters. The smallest absolute Gasteiger partial charge is 0.240 e. The molecule has 1 amide bonds. The summed E-state index contributed by atoms with van der Waals surface area (Å²) in [7, 11) is 1.94. The SMILES string of the molecule is Cc1nnc(S[C@@H](C(=O)N2CCCCC2)c2ccccc2)n1C. The number of hydrogen-bond acceptors (Lipinski definition) is 4. The summed E-state index contributed by atoms with van der Waals surface area (Å²) in [5.74, 6) is 1.03. The number of thioether (sulfide) groups is 1. The molecule has 1 aliphatic heterocycles. The van der Waals surface area contributed by atoms with E-state index in [1.54, 1.807) is 0 Å². The Hall–Kier alpha value is -1.82.